The van der Waals surface area contributed by atoms with E-state index in [4.69, 9.17) is 4.52 Å². The SMILES string of the molecule is Cc1cc(-c2cc(C(=O)N3CCC3)c3c(C)noc3n2)c(C)s1. The molecule has 1 amide bonds. The second kappa shape index (κ2) is 5.16. The number of thiophene rings is 1. The summed E-state index contributed by atoms with van der Waals surface area (Å²) in [7, 11) is 0. The van der Waals surface area contributed by atoms with Gasteiger partial charge in [0, 0.05) is 28.4 Å². The number of carbonyl (C=O) groups excluding carboxylic acids is 1. The molecule has 0 unspecified atom stereocenters. The molecule has 0 aromatic carbocycles. The van der Waals surface area contributed by atoms with Gasteiger partial charge in [-0.3, -0.25) is 4.79 Å². The molecule has 0 bridgehead atoms. The number of rotatable bonds is 2. The van der Waals surface area contributed by atoms with E-state index in [0.29, 0.717) is 17.0 Å². The van der Waals surface area contributed by atoms with E-state index in [9.17, 15) is 4.79 Å². The summed E-state index contributed by atoms with van der Waals surface area (Å²) in [4.78, 5) is 21.7. The molecule has 1 saturated heterocycles. The van der Waals surface area contributed by atoms with Crippen molar-refractivity contribution in [2.45, 2.75) is 27.2 Å². The Labute approximate surface area is 137 Å². The maximum absolute atomic E-state index is 12.8. The second-order valence-electron chi connectivity index (χ2n) is 5.98. The van der Waals surface area contributed by atoms with E-state index in [-0.39, 0.29) is 5.91 Å². The average molecular weight is 327 g/mol. The van der Waals surface area contributed by atoms with Crippen molar-refractivity contribution >= 4 is 28.3 Å². The first-order valence-electron chi connectivity index (χ1n) is 7.68. The number of aryl methyl sites for hydroxylation is 3. The van der Waals surface area contributed by atoms with Crippen LogP contribution in [0.4, 0.5) is 0 Å². The lowest BCUT2D eigenvalue weighted by molar-refractivity contribution is 0.0654. The van der Waals surface area contributed by atoms with E-state index in [1.807, 2.05) is 17.9 Å². The number of hydrogen-bond donors (Lipinski definition) is 0. The first kappa shape index (κ1) is 14.4. The lowest BCUT2D eigenvalue weighted by Gasteiger charge is -2.31. The molecule has 23 heavy (non-hydrogen) atoms. The maximum atomic E-state index is 12.8. The van der Waals surface area contributed by atoms with Gasteiger partial charge in [-0.25, -0.2) is 4.98 Å². The summed E-state index contributed by atoms with van der Waals surface area (Å²) in [6, 6.07) is 4.00. The number of hydrogen-bond acceptors (Lipinski definition) is 5. The molecule has 1 aliphatic rings. The van der Waals surface area contributed by atoms with E-state index in [2.05, 4.69) is 30.1 Å². The summed E-state index contributed by atoms with van der Waals surface area (Å²) < 4.78 is 5.35. The highest BCUT2D eigenvalue weighted by Gasteiger charge is 2.27. The van der Waals surface area contributed by atoms with Gasteiger partial charge in [0.05, 0.1) is 22.3 Å². The molecule has 0 atom stereocenters. The molecule has 118 valence electrons. The van der Waals surface area contributed by atoms with Gasteiger partial charge in [0.15, 0.2) is 0 Å². The summed E-state index contributed by atoms with van der Waals surface area (Å²) in [5.41, 5.74) is 3.63. The number of likely N-dealkylation sites (tertiary alicyclic amines) is 1. The van der Waals surface area contributed by atoms with Crippen LogP contribution < -0.4 is 0 Å². The Morgan fingerprint density at radius 3 is 2.65 bits per heavy atom. The van der Waals surface area contributed by atoms with Crippen molar-refractivity contribution in [3.05, 3.63) is 33.1 Å². The van der Waals surface area contributed by atoms with Crippen LogP contribution in [0.15, 0.2) is 16.7 Å². The van der Waals surface area contributed by atoms with Crippen LogP contribution >= 0.6 is 11.3 Å². The molecule has 5 nitrogen and oxygen atoms in total. The van der Waals surface area contributed by atoms with E-state index in [1.54, 1.807) is 11.3 Å². The van der Waals surface area contributed by atoms with Crippen LogP contribution in [0.25, 0.3) is 22.4 Å². The topological polar surface area (TPSA) is 59.2 Å². The molecular weight excluding hydrogens is 310 g/mol. The van der Waals surface area contributed by atoms with Gasteiger partial charge in [0.25, 0.3) is 11.6 Å². The van der Waals surface area contributed by atoms with E-state index in [1.165, 1.54) is 9.75 Å². The van der Waals surface area contributed by atoms with Crippen LogP contribution in [0, 0.1) is 20.8 Å². The second-order valence-corrected chi connectivity index (χ2v) is 7.44. The molecular formula is C17H17N3O2S. The fourth-order valence-corrected chi connectivity index (χ4v) is 3.91. The number of aromatic nitrogens is 2. The Bertz CT molecular complexity index is 921. The third kappa shape index (κ3) is 2.25. The van der Waals surface area contributed by atoms with Crippen molar-refractivity contribution in [2.75, 3.05) is 13.1 Å². The molecule has 4 rings (SSSR count). The molecule has 3 aromatic rings. The highest BCUT2D eigenvalue weighted by molar-refractivity contribution is 7.12. The monoisotopic (exact) mass is 327 g/mol. The number of pyridine rings is 1. The predicted octanol–water partition coefficient (Wildman–Crippen LogP) is 3.72. The summed E-state index contributed by atoms with van der Waals surface area (Å²) in [5.74, 6) is 0.0424. The van der Waals surface area contributed by atoms with Gasteiger partial charge in [0.1, 0.15) is 0 Å². The Morgan fingerprint density at radius 1 is 1.26 bits per heavy atom. The molecule has 1 aliphatic heterocycles. The summed E-state index contributed by atoms with van der Waals surface area (Å²) in [6.45, 7) is 7.63. The van der Waals surface area contributed by atoms with Gasteiger partial charge < -0.3 is 9.42 Å². The highest BCUT2D eigenvalue weighted by Crippen LogP contribution is 2.33. The molecule has 0 radical (unpaired) electrons. The third-order valence-electron chi connectivity index (χ3n) is 4.31. The van der Waals surface area contributed by atoms with Gasteiger partial charge >= 0.3 is 0 Å². The van der Waals surface area contributed by atoms with Crippen LogP contribution in [-0.4, -0.2) is 34.0 Å². The maximum Gasteiger partial charge on any atom is 0.259 e. The number of carbonyl (C=O) groups is 1. The minimum Gasteiger partial charge on any atom is -0.338 e. The zero-order chi connectivity index (χ0) is 16.1. The summed E-state index contributed by atoms with van der Waals surface area (Å²) in [5, 5.41) is 4.73. The number of fused-ring (bicyclic) bond motifs is 1. The van der Waals surface area contributed by atoms with Crippen LogP contribution in [0.2, 0.25) is 0 Å². The quantitative estimate of drug-likeness (QED) is 0.720. The molecule has 3 aromatic heterocycles. The summed E-state index contributed by atoms with van der Waals surface area (Å²) in [6.07, 6.45) is 1.07. The van der Waals surface area contributed by atoms with Crippen molar-refractivity contribution in [3.63, 3.8) is 0 Å². The molecule has 0 spiro atoms. The lowest BCUT2D eigenvalue weighted by Crippen LogP contribution is -2.42. The standard InChI is InChI=1S/C17H17N3O2S/c1-9-7-12(11(3)23-9)14-8-13(17(21)20-5-4-6-20)15-10(2)19-22-16(15)18-14/h7-8H,4-6H2,1-3H3. The molecule has 0 aliphatic carbocycles. The lowest BCUT2D eigenvalue weighted by atomic mass is 10.0. The smallest absolute Gasteiger partial charge is 0.259 e. The molecule has 0 N–H and O–H groups in total. The Hall–Kier alpha value is -2.21. The zero-order valence-corrected chi connectivity index (χ0v) is 14.2. The van der Waals surface area contributed by atoms with E-state index >= 15 is 0 Å². The molecule has 6 heteroatoms. The Balaban J connectivity index is 1.93. The average Bonchev–Trinajstić information content (AvgIpc) is 2.99. The number of amides is 1. The predicted molar refractivity (Wildman–Crippen MR) is 89.8 cm³/mol. The van der Waals surface area contributed by atoms with Crippen molar-refractivity contribution < 1.29 is 9.32 Å². The minimum atomic E-state index is 0.0424. The first-order valence-corrected chi connectivity index (χ1v) is 8.50. The van der Waals surface area contributed by atoms with Gasteiger partial charge in [0.2, 0.25) is 0 Å². The van der Waals surface area contributed by atoms with Crippen molar-refractivity contribution in [1.82, 2.24) is 15.0 Å². The third-order valence-corrected chi connectivity index (χ3v) is 5.27. The molecule has 0 saturated carbocycles. The van der Waals surface area contributed by atoms with E-state index in [0.717, 1.165) is 36.2 Å². The fraction of sp³-hybridized carbons (Fsp3) is 0.353. The van der Waals surface area contributed by atoms with Gasteiger partial charge in [-0.1, -0.05) is 5.16 Å². The van der Waals surface area contributed by atoms with Crippen molar-refractivity contribution in [1.29, 1.82) is 0 Å². The molecule has 1 fully saturated rings. The van der Waals surface area contributed by atoms with Crippen LogP contribution in [0.3, 0.4) is 0 Å². The molecule has 4 heterocycles. The van der Waals surface area contributed by atoms with Gasteiger partial charge in [-0.15, -0.1) is 11.3 Å². The van der Waals surface area contributed by atoms with Crippen LogP contribution in [-0.2, 0) is 0 Å². The Kier molecular flexibility index (Phi) is 3.23. The highest BCUT2D eigenvalue weighted by atomic mass is 32.1. The first-order chi connectivity index (χ1) is 11.0. The Morgan fingerprint density at radius 2 is 2.04 bits per heavy atom. The largest absolute Gasteiger partial charge is 0.338 e. The van der Waals surface area contributed by atoms with Crippen LogP contribution in [0.5, 0.6) is 0 Å². The van der Waals surface area contributed by atoms with Crippen molar-refractivity contribution in [2.24, 2.45) is 0 Å². The number of nitrogens with zero attached hydrogens (tertiary/aromatic N) is 3. The zero-order valence-electron chi connectivity index (χ0n) is 13.3. The van der Waals surface area contributed by atoms with Crippen LogP contribution in [0.1, 0.15) is 32.2 Å². The van der Waals surface area contributed by atoms with Gasteiger partial charge in [-0.05, 0) is 39.3 Å². The minimum absolute atomic E-state index is 0.0424. The summed E-state index contributed by atoms with van der Waals surface area (Å²) >= 11 is 1.73. The van der Waals surface area contributed by atoms with E-state index < -0.39 is 0 Å². The fourth-order valence-electron chi connectivity index (χ4n) is 2.98. The van der Waals surface area contributed by atoms with Gasteiger partial charge in [-0.2, -0.15) is 0 Å². The normalized spacial score (nSPS) is 14.3. The van der Waals surface area contributed by atoms with Crippen molar-refractivity contribution in [3.8, 4) is 11.3 Å².